The zero-order valence-corrected chi connectivity index (χ0v) is 62.4. The molecular weight excluding hydrogens is 1140 g/mol. The molecule has 0 saturated heterocycles. The third-order valence-electron chi connectivity index (χ3n) is 21.5. The molecule has 4 nitrogen and oxygen atoms in total. The first kappa shape index (κ1) is 80.5. The van der Waals surface area contributed by atoms with Gasteiger partial charge in [0.1, 0.15) is 0 Å². The molecule has 2 aliphatic rings. The Hall–Kier alpha value is -4.18. The maximum Gasteiger partial charge on any atom is 0.205 e. The molecule has 0 radical (unpaired) electrons. The van der Waals surface area contributed by atoms with Crippen LogP contribution in [-0.2, 0) is 17.6 Å². The number of hydrogen-bond acceptors (Lipinski definition) is 3. The summed E-state index contributed by atoms with van der Waals surface area (Å²) in [6.45, 7) is 13.9. The molecule has 0 saturated carbocycles. The van der Waals surface area contributed by atoms with Crippen molar-refractivity contribution in [2.24, 2.45) is 11.8 Å². The number of allylic oxidation sites excluding steroid dienone is 6. The topological polar surface area (TPSA) is 46.4 Å². The van der Waals surface area contributed by atoms with E-state index in [2.05, 4.69) is 148 Å². The molecule has 0 fully saturated rings. The molecule has 1 unspecified atom stereocenters. The molecule has 4 heteroatoms. The van der Waals surface area contributed by atoms with Crippen LogP contribution in [0.3, 0.4) is 0 Å². The molecule has 0 heterocycles. The fourth-order valence-corrected chi connectivity index (χ4v) is 15.4. The molecule has 1 atom stereocenters. The smallest absolute Gasteiger partial charge is 0.205 e. The van der Waals surface area contributed by atoms with Gasteiger partial charge < -0.3 is 10.0 Å². The highest BCUT2D eigenvalue weighted by atomic mass is 16.3. The Morgan fingerprint density at radius 2 is 0.660 bits per heavy atom. The molecular formula is C90H146N2O2. The van der Waals surface area contributed by atoms with Gasteiger partial charge in [-0.3, -0.25) is 4.79 Å². The molecule has 2 aliphatic carbocycles. The number of ketones is 1. The Labute approximate surface area is 582 Å². The lowest BCUT2D eigenvalue weighted by atomic mass is 9.71. The molecule has 0 amide bonds. The molecule has 528 valence electrons. The molecule has 0 aromatic heterocycles. The van der Waals surface area contributed by atoms with Crippen molar-refractivity contribution in [2.75, 3.05) is 4.90 Å². The first-order valence-electron chi connectivity index (χ1n) is 41.4. The van der Waals surface area contributed by atoms with Gasteiger partial charge >= 0.3 is 0 Å². The molecule has 3 aromatic carbocycles. The lowest BCUT2D eigenvalue weighted by molar-refractivity contribution is -0.486. The second-order valence-electron chi connectivity index (χ2n) is 29.7. The molecule has 0 bridgehead atoms. The average molecular weight is 1290 g/mol. The summed E-state index contributed by atoms with van der Waals surface area (Å²) < 4.78 is 2.67. The van der Waals surface area contributed by atoms with Crippen LogP contribution in [0.15, 0.2) is 103 Å². The summed E-state index contributed by atoms with van der Waals surface area (Å²) in [4.78, 5) is 17.2. The van der Waals surface area contributed by atoms with Gasteiger partial charge in [-0.25, -0.2) is 0 Å². The van der Waals surface area contributed by atoms with Crippen molar-refractivity contribution in [2.45, 2.75) is 400 Å². The predicted molar refractivity (Wildman–Crippen MR) is 413 cm³/mol. The van der Waals surface area contributed by atoms with Gasteiger partial charge in [-0.1, -0.05) is 373 Å². The van der Waals surface area contributed by atoms with Gasteiger partial charge in [0.2, 0.25) is 11.4 Å². The summed E-state index contributed by atoms with van der Waals surface area (Å²) in [6.07, 6.45) is 79.9. The highest BCUT2D eigenvalue weighted by molar-refractivity contribution is 6.29. The van der Waals surface area contributed by atoms with Gasteiger partial charge in [0.15, 0.2) is 11.8 Å². The lowest BCUT2D eigenvalue weighted by Gasteiger charge is -2.40. The number of anilines is 2. The van der Waals surface area contributed by atoms with E-state index in [1.807, 2.05) is 0 Å². The van der Waals surface area contributed by atoms with E-state index in [-0.39, 0.29) is 17.5 Å². The molecule has 0 spiro atoms. The maximum atomic E-state index is 14.6. The van der Waals surface area contributed by atoms with Crippen LogP contribution in [0, 0.1) is 11.8 Å². The number of benzene rings is 3. The number of Topliss-reactive ketones (excluding diaryl/α,β-unsaturated/α-hetero) is 1. The maximum absolute atomic E-state index is 14.6. The normalized spacial score (nSPS) is 14.8. The van der Waals surface area contributed by atoms with Crippen molar-refractivity contribution < 1.29 is 14.5 Å². The summed E-state index contributed by atoms with van der Waals surface area (Å²) in [5, 5.41) is 14.6. The lowest BCUT2D eigenvalue weighted by Crippen LogP contribution is -2.41. The van der Waals surface area contributed by atoms with Crippen molar-refractivity contribution in [3.63, 3.8) is 0 Å². The Morgan fingerprint density at radius 3 is 1.00 bits per heavy atom. The second kappa shape index (κ2) is 52.9. The minimum absolute atomic E-state index is 0.00194. The molecule has 94 heavy (non-hydrogen) atoms. The van der Waals surface area contributed by atoms with Gasteiger partial charge in [0, 0.05) is 72.0 Å². The van der Waals surface area contributed by atoms with Crippen molar-refractivity contribution in [3.8, 4) is 0 Å². The number of hydrogen-bond donors (Lipinski definition) is 0. The number of carbonyl (C=O) groups is 1. The SMILES string of the molecule is CCCCCCCCCCc1ccc(N(c2ccc(C3=C([O-])C(C4C=CC(=[N+](c5ccc(CCCCCCCCCC)cc5)C(CCCCCCCCCC)CCCCCCCCCC)C=C4)C3=O)cc2)C(CCCCCCCCCC)CCCCCCCCCC)cc1. The fourth-order valence-electron chi connectivity index (χ4n) is 15.4. The molecule has 0 N–H and O–H groups in total. The predicted octanol–water partition coefficient (Wildman–Crippen LogP) is 27.8. The summed E-state index contributed by atoms with van der Waals surface area (Å²) in [7, 11) is 0. The summed E-state index contributed by atoms with van der Waals surface area (Å²) in [5.74, 6) is -0.915. The first-order chi connectivity index (χ1) is 46.4. The van der Waals surface area contributed by atoms with Crippen LogP contribution in [0.2, 0.25) is 0 Å². The van der Waals surface area contributed by atoms with Crippen LogP contribution >= 0.6 is 0 Å². The van der Waals surface area contributed by atoms with Crippen molar-refractivity contribution in [1.29, 1.82) is 0 Å². The minimum Gasteiger partial charge on any atom is -0.874 e. The van der Waals surface area contributed by atoms with Gasteiger partial charge in [0.25, 0.3) is 0 Å². The van der Waals surface area contributed by atoms with Crippen LogP contribution in [0.25, 0.3) is 5.57 Å². The van der Waals surface area contributed by atoms with Gasteiger partial charge in [0.05, 0.1) is 0 Å². The van der Waals surface area contributed by atoms with E-state index in [1.165, 1.54) is 368 Å². The quantitative estimate of drug-likeness (QED) is 0.0418. The van der Waals surface area contributed by atoms with Crippen molar-refractivity contribution in [1.82, 2.24) is 0 Å². The fraction of sp³-hybridized carbons (Fsp3) is 0.711. The zero-order valence-electron chi connectivity index (χ0n) is 62.4. The standard InChI is InChI=1S/C90H146N2O2/c1-7-13-19-25-31-37-43-49-55-77-61-69-83(70-62-77)91(81(57-51-45-39-33-27-21-15-9-3)58-52-46-40-34-28-22-16-10-4)85-73-65-79(66-74-85)87-89(93)88(90(87)94)80-67-75-86(76-68-80)92(84-71-63-78(64-72-84)56-50-44-38-32-26-20-14-8-2)82(59-53-47-41-35-29-23-17-11-5)60-54-48-42-36-30-24-18-12-6/h61-76,79,81-82,87H,7-60H2,1-6H3. The minimum atomic E-state index is -0.665. The van der Waals surface area contributed by atoms with E-state index in [1.54, 1.807) is 0 Å². The largest absolute Gasteiger partial charge is 0.874 e. The van der Waals surface area contributed by atoms with Crippen LogP contribution < -0.4 is 10.0 Å². The number of unbranched alkanes of at least 4 members (excludes halogenated alkanes) is 42. The number of nitrogens with zero attached hydrogens (tertiary/aromatic N) is 2. The third kappa shape index (κ3) is 32.0. The van der Waals surface area contributed by atoms with Crippen LogP contribution in [0.5, 0.6) is 0 Å². The number of aryl methyl sites for hydroxylation is 2. The van der Waals surface area contributed by atoms with Crippen molar-refractivity contribution in [3.05, 3.63) is 120 Å². The third-order valence-corrected chi connectivity index (χ3v) is 21.5. The summed E-state index contributed by atoms with van der Waals surface area (Å²) in [5.41, 5.74) is 8.97. The first-order valence-corrected chi connectivity index (χ1v) is 41.4. The van der Waals surface area contributed by atoms with Crippen LogP contribution in [-0.4, -0.2) is 28.2 Å². The van der Waals surface area contributed by atoms with Gasteiger partial charge in [-0.05, 0) is 92.3 Å². The number of rotatable bonds is 61. The Morgan fingerprint density at radius 1 is 0.362 bits per heavy atom. The van der Waals surface area contributed by atoms with E-state index in [9.17, 15) is 9.90 Å². The number of carbonyl (C=O) groups excluding carboxylic acids is 1. The van der Waals surface area contributed by atoms with E-state index in [4.69, 9.17) is 0 Å². The zero-order chi connectivity index (χ0) is 66.7. The van der Waals surface area contributed by atoms with Gasteiger partial charge in [-0.15, -0.1) is 5.76 Å². The molecule has 5 rings (SSSR count). The van der Waals surface area contributed by atoms with Gasteiger partial charge in [-0.2, -0.15) is 4.58 Å². The highest BCUT2D eigenvalue weighted by Crippen LogP contribution is 2.43. The van der Waals surface area contributed by atoms with E-state index >= 15 is 0 Å². The van der Waals surface area contributed by atoms with Crippen LogP contribution in [0.1, 0.15) is 392 Å². The summed E-state index contributed by atoms with van der Waals surface area (Å²) in [6, 6.07) is 28.7. The molecule has 0 aliphatic heterocycles. The monoisotopic (exact) mass is 1290 g/mol. The van der Waals surface area contributed by atoms with Crippen LogP contribution in [0.4, 0.5) is 17.1 Å². The Bertz CT molecular complexity index is 2400. The molecule has 3 aromatic rings. The average Bonchev–Trinajstić information content (AvgIpc) is 0.772. The van der Waals surface area contributed by atoms with E-state index in [0.29, 0.717) is 17.7 Å². The second-order valence-corrected chi connectivity index (χ2v) is 29.7. The Kier molecular flexibility index (Phi) is 45.3. The van der Waals surface area contributed by atoms with E-state index in [0.717, 1.165) is 18.4 Å². The Balaban J connectivity index is 1.39. The highest BCUT2D eigenvalue weighted by Gasteiger charge is 2.39. The summed E-state index contributed by atoms with van der Waals surface area (Å²) >= 11 is 0. The van der Waals surface area contributed by atoms with E-state index < -0.39 is 5.92 Å². The van der Waals surface area contributed by atoms with Crippen molar-refractivity contribution >= 4 is 34.1 Å².